The predicted octanol–water partition coefficient (Wildman–Crippen LogP) is 6.02. The van der Waals surface area contributed by atoms with E-state index in [-0.39, 0.29) is 5.41 Å². The second kappa shape index (κ2) is 6.20. The van der Waals surface area contributed by atoms with E-state index in [1.807, 2.05) is 12.1 Å². The van der Waals surface area contributed by atoms with Crippen molar-refractivity contribution in [3.8, 4) is 0 Å². The molecular formula is C22H24N2. The minimum Gasteiger partial charge on any atom is -0.250 e. The zero-order valence-electron chi connectivity index (χ0n) is 15.1. The van der Waals surface area contributed by atoms with Crippen LogP contribution in [-0.4, -0.2) is 10.7 Å². The largest absolute Gasteiger partial charge is 0.250 e. The van der Waals surface area contributed by atoms with Crippen molar-refractivity contribution in [2.75, 3.05) is 0 Å². The normalized spacial score (nSPS) is 12.6. The van der Waals surface area contributed by atoms with Gasteiger partial charge in [0, 0.05) is 10.8 Å². The lowest BCUT2D eigenvalue weighted by atomic mass is 9.87. The number of aryl methyl sites for hydroxylation is 2. The highest BCUT2D eigenvalue weighted by atomic mass is 14.8. The van der Waals surface area contributed by atoms with Crippen LogP contribution in [0, 0.1) is 19.3 Å². The summed E-state index contributed by atoms with van der Waals surface area (Å²) in [6.45, 7) is 10.8. The van der Waals surface area contributed by atoms with Crippen molar-refractivity contribution in [3.05, 3.63) is 71.4 Å². The van der Waals surface area contributed by atoms with Crippen LogP contribution in [0.3, 0.4) is 0 Å². The van der Waals surface area contributed by atoms with Gasteiger partial charge in [-0.2, -0.15) is 0 Å². The molecule has 2 heteroatoms. The van der Waals surface area contributed by atoms with Gasteiger partial charge in [-0.3, -0.25) is 4.99 Å². The monoisotopic (exact) mass is 316 g/mol. The van der Waals surface area contributed by atoms with Crippen molar-refractivity contribution >= 4 is 22.3 Å². The summed E-state index contributed by atoms with van der Waals surface area (Å²) in [6, 6.07) is 18.7. The van der Waals surface area contributed by atoms with Gasteiger partial charge in [0.15, 0.2) is 0 Å². The first-order valence-electron chi connectivity index (χ1n) is 8.38. The standard InChI is InChI=1S/C22H24N2/c1-15-9-8-10-16(2)20(15)24-21(22(3,4)5)19-14-13-17-11-6-7-12-18(17)23-19/h6-14H,1-5H3. The summed E-state index contributed by atoms with van der Waals surface area (Å²) in [5.74, 6) is 0. The number of para-hydroxylation sites is 2. The van der Waals surface area contributed by atoms with Crippen LogP contribution in [0.2, 0.25) is 0 Å². The molecule has 0 saturated carbocycles. The predicted molar refractivity (Wildman–Crippen MR) is 103 cm³/mol. The third-order valence-corrected chi connectivity index (χ3v) is 4.21. The average Bonchev–Trinajstić information content (AvgIpc) is 2.53. The molecule has 0 N–H and O–H groups in total. The zero-order valence-corrected chi connectivity index (χ0v) is 15.1. The number of hydrogen-bond donors (Lipinski definition) is 0. The van der Waals surface area contributed by atoms with E-state index < -0.39 is 0 Å². The minimum absolute atomic E-state index is 0.0931. The molecule has 0 saturated heterocycles. The second-order valence-electron chi connectivity index (χ2n) is 7.34. The molecule has 24 heavy (non-hydrogen) atoms. The molecule has 1 heterocycles. The highest BCUT2D eigenvalue weighted by molar-refractivity contribution is 6.05. The molecule has 0 radical (unpaired) electrons. The Kier molecular flexibility index (Phi) is 4.23. The zero-order chi connectivity index (χ0) is 17.3. The summed E-state index contributed by atoms with van der Waals surface area (Å²) in [4.78, 5) is 9.93. The van der Waals surface area contributed by atoms with Gasteiger partial charge in [0.25, 0.3) is 0 Å². The molecule has 0 aliphatic heterocycles. The summed E-state index contributed by atoms with van der Waals surface area (Å²) in [5, 5.41) is 1.15. The Morgan fingerprint density at radius 2 is 1.50 bits per heavy atom. The molecule has 3 aromatic rings. The number of hydrogen-bond acceptors (Lipinski definition) is 2. The molecule has 0 aliphatic rings. The first kappa shape index (κ1) is 16.4. The van der Waals surface area contributed by atoms with E-state index in [0.29, 0.717) is 0 Å². The highest BCUT2D eigenvalue weighted by Crippen LogP contribution is 2.29. The van der Waals surface area contributed by atoms with E-state index in [1.54, 1.807) is 0 Å². The molecule has 2 nitrogen and oxygen atoms in total. The number of fused-ring (bicyclic) bond motifs is 1. The fourth-order valence-electron chi connectivity index (χ4n) is 2.90. The molecule has 0 aliphatic carbocycles. The summed E-state index contributed by atoms with van der Waals surface area (Å²) in [5.41, 5.74) is 6.32. The quantitative estimate of drug-likeness (QED) is 0.531. The van der Waals surface area contributed by atoms with E-state index in [2.05, 4.69) is 77.1 Å². The fraction of sp³-hybridized carbons (Fsp3) is 0.273. The Balaban J connectivity index is 2.21. The molecule has 122 valence electrons. The van der Waals surface area contributed by atoms with Crippen molar-refractivity contribution in [1.29, 1.82) is 0 Å². The van der Waals surface area contributed by atoms with Gasteiger partial charge >= 0.3 is 0 Å². The molecule has 0 unspecified atom stereocenters. The van der Waals surface area contributed by atoms with E-state index in [1.165, 1.54) is 11.1 Å². The van der Waals surface area contributed by atoms with E-state index >= 15 is 0 Å². The maximum atomic E-state index is 5.06. The first-order valence-corrected chi connectivity index (χ1v) is 8.38. The number of benzene rings is 2. The van der Waals surface area contributed by atoms with Crippen LogP contribution in [0.25, 0.3) is 10.9 Å². The van der Waals surface area contributed by atoms with Crippen molar-refractivity contribution in [1.82, 2.24) is 4.98 Å². The number of nitrogens with zero attached hydrogens (tertiary/aromatic N) is 2. The summed E-state index contributed by atoms with van der Waals surface area (Å²) >= 11 is 0. The summed E-state index contributed by atoms with van der Waals surface area (Å²) in [6.07, 6.45) is 0. The minimum atomic E-state index is -0.0931. The molecule has 0 bridgehead atoms. The van der Waals surface area contributed by atoms with Gasteiger partial charge in [0.2, 0.25) is 0 Å². The Hall–Kier alpha value is -2.48. The average molecular weight is 316 g/mol. The highest BCUT2D eigenvalue weighted by Gasteiger charge is 2.23. The topological polar surface area (TPSA) is 25.2 Å². The van der Waals surface area contributed by atoms with Crippen LogP contribution in [0.4, 0.5) is 5.69 Å². The molecule has 2 aromatic carbocycles. The fourth-order valence-corrected chi connectivity index (χ4v) is 2.90. The Bertz CT molecular complexity index is 894. The second-order valence-corrected chi connectivity index (χ2v) is 7.34. The summed E-state index contributed by atoms with van der Waals surface area (Å²) in [7, 11) is 0. The Morgan fingerprint density at radius 1 is 0.833 bits per heavy atom. The molecule has 1 aromatic heterocycles. The molecule has 0 spiro atoms. The van der Waals surface area contributed by atoms with E-state index in [0.717, 1.165) is 28.0 Å². The Morgan fingerprint density at radius 3 is 2.17 bits per heavy atom. The molecule has 3 rings (SSSR count). The van der Waals surface area contributed by atoms with E-state index in [4.69, 9.17) is 9.98 Å². The van der Waals surface area contributed by atoms with Crippen molar-refractivity contribution in [2.45, 2.75) is 34.6 Å². The third-order valence-electron chi connectivity index (χ3n) is 4.21. The van der Waals surface area contributed by atoms with Crippen molar-refractivity contribution < 1.29 is 0 Å². The number of rotatable bonds is 2. The van der Waals surface area contributed by atoms with Crippen LogP contribution in [0.15, 0.2) is 59.6 Å². The molecule has 0 atom stereocenters. The lowest BCUT2D eigenvalue weighted by Gasteiger charge is -2.22. The van der Waals surface area contributed by atoms with Crippen LogP contribution < -0.4 is 0 Å². The van der Waals surface area contributed by atoms with Gasteiger partial charge in [-0.25, -0.2) is 4.98 Å². The van der Waals surface area contributed by atoms with Crippen LogP contribution in [-0.2, 0) is 0 Å². The van der Waals surface area contributed by atoms with Crippen molar-refractivity contribution in [2.24, 2.45) is 10.4 Å². The lowest BCUT2D eigenvalue weighted by Crippen LogP contribution is -2.22. The van der Waals surface area contributed by atoms with Gasteiger partial charge in [-0.15, -0.1) is 0 Å². The van der Waals surface area contributed by atoms with Crippen LogP contribution in [0.5, 0.6) is 0 Å². The van der Waals surface area contributed by atoms with Gasteiger partial charge in [0.05, 0.1) is 22.6 Å². The first-order chi connectivity index (χ1) is 11.4. The number of aromatic nitrogens is 1. The number of pyridine rings is 1. The van der Waals surface area contributed by atoms with Gasteiger partial charge in [-0.1, -0.05) is 63.2 Å². The molecule has 0 amide bonds. The smallest absolute Gasteiger partial charge is 0.0857 e. The van der Waals surface area contributed by atoms with Crippen LogP contribution in [0.1, 0.15) is 37.6 Å². The maximum Gasteiger partial charge on any atom is 0.0857 e. The molecule has 0 fully saturated rings. The van der Waals surface area contributed by atoms with Gasteiger partial charge < -0.3 is 0 Å². The van der Waals surface area contributed by atoms with Gasteiger partial charge in [0.1, 0.15) is 0 Å². The van der Waals surface area contributed by atoms with Gasteiger partial charge in [-0.05, 0) is 37.1 Å². The lowest BCUT2D eigenvalue weighted by molar-refractivity contribution is 0.591. The van der Waals surface area contributed by atoms with E-state index in [9.17, 15) is 0 Å². The summed E-state index contributed by atoms with van der Waals surface area (Å²) < 4.78 is 0. The third kappa shape index (κ3) is 3.23. The SMILES string of the molecule is Cc1cccc(C)c1N=C(c1ccc2ccccc2n1)C(C)(C)C. The Labute approximate surface area is 144 Å². The van der Waals surface area contributed by atoms with Crippen LogP contribution >= 0.6 is 0 Å². The molecular weight excluding hydrogens is 292 g/mol. The van der Waals surface area contributed by atoms with Crippen molar-refractivity contribution in [3.63, 3.8) is 0 Å². The maximum absolute atomic E-state index is 5.06. The number of aliphatic imine (C=N–C) groups is 1.